The Labute approximate surface area is 206 Å². The maximum absolute atomic E-state index is 13.7. The van der Waals surface area contributed by atoms with Crippen LogP contribution >= 0.6 is 0 Å². The third-order valence-electron chi connectivity index (χ3n) is 5.41. The predicted molar refractivity (Wildman–Crippen MR) is 129 cm³/mol. The summed E-state index contributed by atoms with van der Waals surface area (Å²) in [5.74, 6) is -1.43. The van der Waals surface area contributed by atoms with Crippen molar-refractivity contribution in [2.75, 3.05) is 12.4 Å². The molecule has 0 aliphatic heterocycles. The number of rotatable bonds is 8. The van der Waals surface area contributed by atoms with Crippen molar-refractivity contribution in [3.05, 3.63) is 120 Å². The van der Waals surface area contributed by atoms with Crippen LogP contribution in [0.2, 0.25) is 0 Å². The molecule has 1 unspecified atom stereocenters. The molecule has 0 spiro atoms. The zero-order valence-electron chi connectivity index (χ0n) is 19.3. The quantitative estimate of drug-likeness (QED) is 0.386. The zero-order valence-corrected chi connectivity index (χ0v) is 19.3. The van der Waals surface area contributed by atoms with Crippen LogP contribution in [0.4, 0.5) is 14.5 Å². The van der Waals surface area contributed by atoms with Gasteiger partial charge in [-0.25, -0.2) is 13.8 Å². The van der Waals surface area contributed by atoms with Gasteiger partial charge in [0.1, 0.15) is 29.1 Å². The van der Waals surface area contributed by atoms with E-state index in [0.717, 1.165) is 5.56 Å². The van der Waals surface area contributed by atoms with Crippen molar-refractivity contribution in [1.29, 1.82) is 0 Å². The number of nitrogens with one attached hydrogen (secondary N) is 1. The second-order valence-electron chi connectivity index (χ2n) is 7.82. The lowest BCUT2D eigenvalue weighted by atomic mass is 10.0. The fourth-order valence-electron chi connectivity index (χ4n) is 3.63. The van der Waals surface area contributed by atoms with Gasteiger partial charge in [0.25, 0.3) is 11.8 Å². The van der Waals surface area contributed by atoms with Crippen LogP contribution in [-0.4, -0.2) is 33.8 Å². The van der Waals surface area contributed by atoms with E-state index in [1.54, 1.807) is 31.4 Å². The molecule has 0 fully saturated rings. The average Bonchev–Trinajstić information content (AvgIpc) is 2.91. The van der Waals surface area contributed by atoms with E-state index in [4.69, 9.17) is 4.74 Å². The van der Waals surface area contributed by atoms with Crippen molar-refractivity contribution in [2.24, 2.45) is 0 Å². The lowest BCUT2D eigenvalue weighted by Crippen LogP contribution is -2.41. The van der Waals surface area contributed by atoms with Crippen molar-refractivity contribution in [3.63, 3.8) is 0 Å². The largest absolute Gasteiger partial charge is 0.497 e. The molecule has 4 aromatic rings. The summed E-state index contributed by atoms with van der Waals surface area (Å²) in [4.78, 5) is 36.7. The van der Waals surface area contributed by atoms with Gasteiger partial charge in [-0.05, 0) is 59.7 Å². The number of ether oxygens (including phenoxy) is 1. The molecule has 4 rings (SSSR count). The maximum atomic E-state index is 13.7. The van der Waals surface area contributed by atoms with E-state index < -0.39 is 29.5 Å². The molecule has 0 radical (unpaired) electrons. The highest BCUT2D eigenvalue weighted by atomic mass is 19.1. The molecule has 0 aliphatic carbocycles. The number of carbonyl (C=O) groups excluding carboxylic acids is 2. The Hall–Kier alpha value is -4.66. The highest BCUT2D eigenvalue weighted by Crippen LogP contribution is 2.28. The molecule has 1 heterocycles. The molecule has 2 amide bonds. The monoisotopic (exact) mass is 488 g/mol. The van der Waals surface area contributed by atoms with E-state index in [9.17, 15) is 18.4 Å². The summed E-state index contributed by atoms with van der Waals surface area (Å²) in [5.41, 5.74) is 1.47. The maximum Gasteiger partial charge on any atom is 0.275 e. The Balaban J connectivity index is 1.77. The fourth-order valence-corrected chi connectivity index (χ4v) is 3.63. The number of anilines is 1. The molecule has 0 aliphatic rings. The van der Waals surface area contributed by atoms with Crippen molar-refractivity contribution in [3.8, 4) is 5.75 Å². The molecule has 7 nitrogen and oxygen atoms in total. The summed E-state index contributed by atoms with van der Waals surface area (Å²) in [6.45, 7) is 0.0261. The molecule has 0 saturated carbocycles. The molecule has 3 aromatic carbocycles. The second kappa shape index (κ2) is 11.2. The molecule has 1 aromatic heterocycles. The van der Waals surface area contributed by atoms with E-state index in [0.29, 0.717) is 17.0 Å². The molecule has 0 saturated heterocycles. The van der Waals surface area contributed by atoms with Gasteiger partial charge in [0.15, 0.2) is 0 Å². The lowest BCUT2D eigenvalue weighted by Gasteiger charge is -2.31. The highest BCUT2D eigenvalue weighted by Gasteiger charge is 2.33. The van der Waals surface area contributed by atoms with Crippen molar-refractivity contribution in [1.82, 2.24) is 14.9 Å². The van der Waals surface area contributed by atoms with Gasteiger partial charge in [-0.1, -0.05) is 24.3 Å². The number of aromatic nitrogens is 2. The van der Waals surface area contributed by atoms with Gasteiger partial charge < -0.3 is 15.0 Å². The van der Waals surface area contributed by atoms with E-state index in [1.807, 2.05) is 0 Å². The Morgan fingerprint density at radius 2 is 1.56 bits per heavy atom. The number of hydrogen-bond donors (Lipinski definition) is 1. The summed E-state index contributed by atoms with van der Waals surface area (Å²) in [6.07, 6.45) is 4.12. The summed E-state index contributed by atoms with van der Waals surface area (Å²) in [6, 6.07) is 16.4. The number of carbonyl (C=O) groups is 2. The number of halogens is 2. The van der Waals surface area contributed by atoms with Crippen LogP contribution in [0.15, 0.2) is 91.4 Å². The normalized spacial score (nSPS) is 11.4. The van der Waals surface area contributed by atoms with Crippen LogP contribution in [0.1, 0.15) is 27.7 Å². The third-order valence-corrected chi connectivity index (χ3v) is 5.41. The Kier molecular flexibility index (Phi) is 7.60. The number of hydrogen-bond acceptors (Lipinski definition) is 5. The van der Waals surface area contributed by atoms with Gasteiger partial charge in [0.2, 0.25) is 0 Å². The smallest absolute Gasteiger partial charge is 0.275 e. The van der Waals surface area contributed by atoms with E-state index >= 15 is 0 Å². The van der Waals surface area contributed by atoms with Crippen LogP contribution < -0.4 is 10.1 Å². The number of nitrogens with zero attached hydrogens (tertiary/aromatic N) is 3. The topological polar surface area (TPSA) is 84.4 Å². The first-order chi connectivity index (χ1) is 17.4. The summed E-state index contributed by atoms with van der Waals surface area (Å²) >= 11 is 0. The molecule has 0 bridgehead atoms. The van der Waals surface area contributed by atoms with E-state index in [1.165, 1.54) is 72.0 Å². The van der Waals surface area contributed by atoms with Gasteiger partial charge in [0.05, 0.1) is 13.3 Å². The lowest BCUT2D eigenvalue weighted by molar-refractivity contribution is -0.121. The molecule has 182 valence electrons. The van der Waals surface area contributed by atoms with Crippen molar-refractivity contribution >= 4 is 17.5 Å². The number of methoxy groups -OCH3 is 1. The minimum Gasteiger partial charge on any atom is -0.497 e. The van der Waals surface area contributed by atoms with Crippen molar-refractivity contribution < 1.29 is 23.1 Å². The number of amides is 2. The minimum atomic E-state index is -1.17. The number of benzene rings is 3. The predicted octanol–water partition coefficient (Wildman–Crippen LogP) is 4.79. The Morgan fingerprint density at radius 1 is 0.917 bits per heavy atom. The summed E-state index contributed by atoms with van der Waals surface area (Å²) in [5, 5.41) is 2.72. The molecule has 1 N–H and O–H groups in total. The molecular formula is C27H22F2N4O3. The van der Waals surface area contributed by atoms with E-state index in [-0.39, 0.29) is 12.2 Å². The molecule has 1 atom stereocenters. The zero-order chi connectivity index (χ0) is 25.5. The standard InChI is InChI=1S/C27H22F2N4O3/c1-36-23-12-2-18(3-13-23)17-33(27(35)24-16-30-14-15-31-24)25(19-4-6-20(28)7-5-19)26(34)32-22-10-8-21(29)9-11-22/h2-16,25H,17H2,1H3,(H,32,34). The van der Waals surface area contributed by atoms with Gasteiger partial charge in [-0.2, -0.15) is 0 Å². The van der Waals surface area contributed by atoms with Crippen molar-refractivity contribution in [2.45, 2.75) is 12.6 Å². The van der Waals surface area contributed by atoms with Gasteiger partial charge >= 0.3 is 0 Å². The third kappa shape index (κ3) is 5.87. The van der Waals surface area contributed by atoms with Gasteiger partial charge in [-0.15, -0.1) is 0 Å². The van der Waals surface area contributed by atoms with Crippen LogP contribution in [0, 0.1) is 11.6 Å². The Morgan fingerprint density at radius 3 is 2.14 bits per heavy atom. The first-order valence-corrected chi connectivity index (χ1v) is 11.0. The SMILES string of the molecule is COc1ccc(CN(C(=O)c2cnccn2)C(C(=O)Nc2ccc(F)cc2)c2ccc(F)cc2)cc1. The summed E-state index contributed by atoms with van der Waals surface area (Å²) in [7, 11) is 1.54. The summed E-state index contributed by atoms with van der Waals surface area (Å²) < 4.78 is 32.3. The van der Waals surface area contributed by atoms with Gasteiger partial charge in [-0.3, -0.25) is 14.6 Å². The minimum absolute atomic E-state index is 0.0261. The van der Waals surface area contributed by atoms with Crippen LogP contribution in [-0.2, 0) is 11.3 Å². The fraction of sp³-hybridized carbons (Fsp3) is 0.111. The highest BCUT2D eigenvalue weighted by molar-refractivity contribution is 6.00. The first kappa shape index (κ1) is 24.5. The second-order valence-corrected chi connectivity index (χ2v) is 7.82. The van der Waals surface area contributed by atoms with Crippen LogP contribution in [0.3, 0.4) is 0 Å². The van der Waals surface area contributed by atoms with Crippen LogP contribution in [0.5, 0.6) is 5.75 Å². The first-order valence-electron chi connectivity index (χ1n) is 11.0. The average molecular weight is 488 g/mol. The van der Waals surface area contributed by atoms with E-state index in [2.05, 4.69) is 15.3 Å². The molecular weight excluding hydrogens is 466 g/mol. The Bertz CT molecular complexity index is 1320. The molecule has 9 heteroatoms. The van der Waals surface area contributed by atoms with Gasteiger partial charge in [0, 0.05) is 24.6 Å². The van der Waals surface area contributed by atoms with Crippen LogP contribution in [0.25, 0.3) is 0 Å². The molecule has 36 heavy (non-hydrogen) atoms.